The minimum atomic E-state index is -0.353. The van der Waals surface area contributed by atoms with Gasteiger partial charge in [-0.15, -0.1) is 0 Å². The fourth-order valence-corrected chi connectivity index (χ4v) is 5.07. The van der Waals surface area contributed by atoms with Crippen LogP contribution in [-0.2, 0) is 11.3 Å². The molecule has 4 atom stereocenters. The molecule has 0 fully saturated rings. The summed E-state index contributed by atoms with van der Waals surface area (Å²) in [7, 11) is 7.69. The van der Waals surface area contributed by atoms with Crippen LogP contribution in [0.15, 0.2) is 42.5 Å². The number of fused-ring (bicyclic) bond motifs is 1. The molecule has 0 bridgehead atoms. The predicted molar refractivity (Wildman–Crippen MR) is 161 cm³/mol. The number of aliphatic hydroxyl groups excluding tert-OH is 1. The molecule has 0 spiro atoms. The van der Waals surface area contributed by atoms with Crippen LogP contribution in [0, 0.1) is 5.92 Å². The van der Waals surface area contributed by atoms with Crippen molar-refractivity contribution in [2.24, 2.45) is 5.92 Å². The van der Waals surface area contributed by atoms with Crippen LogP contribution in [0.5, 0.6) is 11.5 Å². The summed E-state index contributed by atoms with van der Waals surface area (Å²) >= 11 is 0. The van der Waals surface area contributed by atoms with E-state index in [1.807, 2.05) is 63.2 Å². The first-order chi connectivity index (χ1) is 19.1. The Morgan fingerprint density at radius 1 is 1.10 bits per heavy atom. The molecule has 3 rings (SSSR count). The molecule has 0 saturated carbocycles. The van der Waals surface area contributed by atoms with E-state index in [2.05, 4.69) is 31.0 Å². The Balaban J connectivity index is 1.87. The topological polar surface area (TPSA) is 74.7 Å². The number of anilines is 1. The quantitative estimate of drug-likeness (QED) is 0.507. The van der Waals surface area contributed by atoms with E-state index in [9.17, 15) is 9.90 Å². The van der Waals surface area contributed by atoms with Gasteiger partial charge < -0.3 is 29.1 Å². The molecule has 1 aliphatic rings. The van der Waals surface area contributed by atoms with Gasteiger partial charge in [-0.1, -0.05) is 19.1 Å². The van der Waals surface area contributed by atoms with E-state index in [0.29, 0.717) is 24.5 Å². The molecule has 1 heterocycles. The van der Waals surface area contributed by atoms with Gasteiger partial charge in [0.05, 0.1) is 37.5 Å². The zero-order valence-corrected chi connectivity index (χ0v) is 25.4. The van der Waals surface area contributed by atoms with Crippen molar-refractivity contribution in [2.75, 3.05) is 59.5 Å². The van der Waals surface area contributed by atoms with Gasteiger partial charge in [-0.3, -0.25) is 9.69 Å². The van der Waals surface area contributed by atoms with Crippen LogP contribution >= 0.6 is 0 Å². The normalized spacial score (nSPS) is 21.8. The molecule has 1 amide bonds. The molecule has 1 N–H and O–H groups in total. The third-order valence-corrected chi connectivity index (χ3v) is 7.65. The van der Waals surface area contributed by atoms with Crippen molar-refractivity contribution in [3.8, 4) is 11.5 Å². The van der Waals surface area contributed by atoms with Gasteiger partial charge in [0.1, 0.15) is 11.5 Å². The second-order valence-corrected chi connectivity index (χ2v) is 11.4. The minimum Gasteiger partial charge on any atom is -0.497 e. The van der Waals surface area contributed by atoms with Gasteiger partial charge in [-0.2, -0.15) is 0 Å². The molecule has 8 nitrogen and oxygen atoms in total. The summed E-state index contributed by atoms with van der Waals surface area (Å²) in [4.78, 5) is 20.1. The monoisotopic (exact) mass is 555 g/mol. The Labute approximate surface area is 240 Å². The highest BCUT2D eigenvalue weighted by molar-refractivity contribution is 5.98. The maximum atomic E-state index is 14.1. The zero-order valence-electron chi connectivity index (χ0n) is 25.4. The molecule has 40 heavy (non-hydrogen) atoms. The lowest BCUT2D eigenvalue weighted by atomic mass is 10.0. The van der Waals surface area contributed by atoms with Crippen molar-refractivity contribution < 1.29 is 24.1 Å². The second-order valence-electron chi connectivity index (χ2n) is 11.4. The number of benzene rings is 2. The SMILES string of the molecule is COc1ccc(CN(C)C[C@H]2OCCCC[C@H](C)Oc3ccc(N(C)C)cc3C(=O)N([C@H](C)CO)C[C@@H]2C)cc1. The van der Waals surface area contributed by atoms with E-state index < -0.39 is 0 Å². The molecule has 0 aromatic heterocycles. The first kappa shape index (κ1) is 31.7. The van der Waals surface area contributed by atoms with Gasteiger partial charge in [-0.05, 0) is 76.1 Å². The molecule has 0 aliphatic carbocycles. The number of likely N-dealkylation sites (N-methyl/N-ethyl adjacent to an activating group) is 1. The van der Waals surface area contributed by atoms with Crippen molar-refractivity contribution in [1.82, 2.24) is 9.80 Å². The molecular formula is C32H49N3O5. The van der Waals surface area contributed by atoms with Gasteiger partial charge in [0.15, 0.2) is 0 Å². The molecule has 222 valence electrons. The van der Waals surface area contributed by atoms with Crippen molar-refractivity contribution in [2.45, 2.75) is 64.8 Å². The Bertz CT molecular complexity index is 1060. The van der Waals surface area contributed by atoms with Gasteiger partial charge in [0.25, 0.3) is 5.91 Å². The van der Waals surface area contributed by atoms with Crippen molar-refractivity contribution >= 4 is 11.6 Å². The van der Waals surface area contributed by atoms with E-state index in [1.54, 1.807) is 12.0 Å². The molecule has 8 heteroatoms. The summed E-state index contributed by atoms with van der Waals surface area (Å²) < 4.78 is 18.1. The molecule has 0 saturated heterocycles. The van der Waals surface area contributed by atoms with Crippen molar-refractivity contribution in [1.29, 1.82) is 0 Å². The molecule has 0 radical (unpaired) electrons. The van der Waals surface area contributed by atoms with E-state index in [-0.39, 0.29) is 36.7 Å². The fraction of sp³-hybridized carbons (Fsp3) is 0.594. The highest BCUT2D eigenvalue weighted by atomic mass is 16.5. The number of nitrogens with zero attached hydrogens (tertiary/aromatic N) is 3. The van der Waals surface area contributed by atoms with Gasteiger partial charge in [0, 0.05) is 51.9 Å². The van der Waals surface area contributed by atoms with Crippen LogP contribution < -0.4 is 14.4 Å². The van der Waals surface area contributed by atoms with Crippen LogP contribution in [0.2, 0.25) is 0 Å². The van der Waals surface area contributed by atoms with Gasteiger partial charge in [-0.25, -0.2) is 0 Å². The number of carbonyl (C=O) groups excluding carboxylic acids is 1. The Morgan fingerprint density at radius 3 is 2.48 bits per heavy atom. The summed E-state index contributed by atoms with van der Waals surface area (Å²) in [6.45, 7) is 8.57. The molecule has 0 unspecified atom stereocenters. The molecule has 1 aliphatic heterocycles. The lowest BCUT2D eigenvalue weighted by Crippen LogP contribution is -2.47. The minimum absolute atomic E-state index is 0.0336. The number of hydrogen-bond donors (Lipinski definition) is 1. The summed E-state index contributed by atoms with van der Waals surface area (Å²) in [5, 5.41) is 10.1. The largest absolute Gasteiger partial charge is 0.497 e. The van der Waals surface area contributed by atoms with Crippen LogP contribution in [0.1, 0.15) is 56.0 Å². The van der Waals surface area contributed by atoms with E-state index in [1.165, 1.54) is 5.56 Å². The van der Waals surface area contributed by atoms with Gasteiger partial charge >= 0.3 is 0 Å². The summed E-state index contributed by atoms with van der Waals surface area (Å²) in [5.74, 6) is 1.34. The third kappa shape index (κ3) is 8.85. The lowest BCUT2D eigenvalue weighted by molar-refractivity contribution is -0.0177. The predicted octanol–water partition coefficient (Wildman–Crippen LogP) is 4.69. The van der Waals surface area contributed by atoms with Crippen molar-refractivity contribution in [3.05, 3.63) is 53.6 Å². The number of rotatable bonds is 8. The second kappa shape index (κ2) is 15.3. The smallest absolute Gasteiger partial charge is 0.258 e. The first-order valence-corrected chi connectivity index (χ1v) is 14.5. The molecule has 2 aromatic rings. The first-order valence-electron chi connectivity index (χ1n) is 14.5. The Hall–Kier alpha value is -2.81. The lowest BCUT2D eigenvalue weighted by Gasteiger charge is -2.36. The van der Waals surface area contributed by atoms with Gasteiger partial charge in [0.2, 0.25) is 0 Å². The van der Waals surface area contributed by atoms with Crippen LogP contribution in [0.25, 0.3) is 0 Å². The Morgan fingerprint density at radius 2 is 1.82 bits per heavy atom. The number of amides is 1. The van der Waals surface area contributed by atoms with Crippen LogP contribution in [0.4, 0.5) is 5.69 Å². The maximum Gasteiger partial charge on any atom is 0.258 e. The number of carbonyl (C=O) groups is 1. The average Bonchev–Trinajstić information content (AvgIpc) is 2.94. The van der Waals surface area contributed by atoms with E-state index in [4.69, 9.17) is 14.2 Å². The number of ether oxygens (including phenoxy) is 3. The standard InChI is InChI=1S/C32H49N3O5/c1-23-19-35(24(2)22-36)32(37)29-18-27(33(4)5)13-16-30(29)40-25(3)10-8-9-17-39-31(23)21-34(6)20-26-11-14-28(38-7)15-12-26/h11-16,18,23-25,31,36H,8-10,17,19-22H2,1-7H3/t23-,24+,25-,31+/m0/s1. The highest BCUT2D eigenvalue weighted by Crippen LogP contribution is 2.29. The summed E-state index contributed by atoms with van der Waals surface area (Å²) in [6, 6.07) is 13.5. The maximum absolute atomic E-state index is 14.1. The number of aliphatic hydroxyl groups is 1. The van der Waals surface area contributed by atoms with E-state index >= 15 is 0 Å². The van der Waals surface area contributed by atoms with Crippen LogP contribution in [0.3, 0.4) is 0 Å². The number of methoxy groups -OCH3 is 1. The summed E-state index contributed by atoms with van der Waals surface area (Å²) in [6.07, 6.45) is 2.70. The highest BCUT2D eigenvalue weighted by Gasteiger charge is 2.30. The molecule has 2 aromatic carbocycles. The zero-order chi connectivity index (χ0) is 29.2. The third-order valence-electron chi connectivity index (χ3n) is 7.65. The Kier molecular flexibility index (Phi) is 12.1. The van der Waals surface area contributed by atoms with E-state index in [0.717, 1.165) is 43.8 Å². The average molecular weight is 556 g/mol. The summed E-state index contributed by atoms with van der Waals surface area (Å²) in [5.41, 5.74) is 2.65. The fourth-order valence-electron chi connectivity index (χ4n) is 5.07. The molecular weight excluding hydrogens is 506 g/mol. The van der Waals surface area contributed by atoms with Crippen molar-refractivity contribution in [3.63, 3.8) is 0 Å². The number of hydrogen-bond acceptors (Lipinski definition) is 7. The van der Waals surface area contributed by atoms with Crippen LogP contribution in [-0.4, -0.2) is 93.6 Å².